The smallest absolute Gasteiger partial charge is 0.253 e. The van der Waals surface area contributed by atoms with Crippen molar-refractivity contribution in [2.24, 2.45) is 0 Å². The Labute approximate surface area is 199 Å². The van der Waals surface area contributed by atoms with E-state index < -0.39 is 9.84 Å². The number of nitrogens with one attached hydrogen (secondary N) is 2. The third kappa shape index (κ3) is 4.28. The van der Waals surface area contributed by atoms with E-state index in [4.69, 9.17) is 11.6 Å². The lowest BCUT2D eigenvalue weighted by Crippen LogP contribution is -2.22. The fourth-order valence-corrected chi connectivity index (χ4v) is 4.75. The molecule has 0 aliphatic carbocycles. The Balaban J connectivity index is 1.28. The van der Waals surface area contributed by atoms with Gasteiger partial charge in [0, 0.05) is 29.3 Å². The number of amides is 1. The summed E-state index contributed by atoms with van der Waals surface area (Å²) in [6.45, 7) is 0.231. The van der Waals surface area contributed by atoms with Gasteiger partial charge in [0.25, 0.3) is 5.91 Å². The Morgan fingerprint density at radius 3 is 2.65 bits per heavy atom. The number of H-pyrrole nitrogens is 1. The number of carbonyl (C=O) groups is 1. The van der Waals surface area contributed by atoms with E-state index in [-0.39, 0.29) is 22.2 Å². The van der Waals surface area contributed by atoms with E-state index in [1.54, 1.807) is 48.7 Å². The zero-order valence-corrected chi connectivity index (χ0v) is 19.1. The summed E-state index contributed by atoms with van der Waals surface area (Å²) < 4.78 is 27.5. The Bertz CT molecular complexity index is 1610. The van der Waals surface area contributed by atoms with Crippen molar-refractivity contribution >= 4 is 38.4 Å². The van der Waals surface area contributed by atoms with Crippen LogP contribution in [0.5, 0.6) is 0 Å². The topological polar surface area (TPSA) is 123 Å². The van der Waals surface area contributed by atoms with Crippen molar-refractivity contribution in [1.82, 2.24) is 30.3 Å². The highest BCUT2D eigenvalue weighted by molar-refractivity contribution is 7.91. The van der Waals surface area contributed by atoms with Crippen LogP contribution in [0.15, 0.2) is 89.2 Å². The molecule has 2 N–H and O–H groups in total. The summed E-state index contributed by atoms with van der Waals surface area (Å²) >= 11 is 6.01. The van der Waals surface area contributed by atoms with Crippen molar-refractivity contribution in [3.63, 3.8) is 0 Å². The summed E-state index contributed by atoms with van der Waals surface area (Å²) in [4.78, 5) is 16.8. The molecule has 11 heteroatoms. The molecule has 0 aliphatic rings. The standard InChI is InChI=1S/C23H17ClN6O3S/c24-18-2-1-3-19(9-18)30-14-21(13-28-30)34(32,33)20-6-4-15(5-7-20)10-26-23(31)17-8-16-12-27-29-22(16)25-11-17/h1-9,11-14H,10H2,(H,26,31)(H,25,27,29). The number of sulfone groups is 1. The number of aromatic amines is 1. The van der Waals surface area contributed by atoms with Gasteiger partial charge in [0.15, 0.2) is 5.65 Å². The van der Waals surface area contributed by atoms with E-state index in [2.05, 4.69) is 25.6 Å². The predicted molar refractivity (Wildman–Crippen MR) is 126 cm³/mol. The molecule has 0 spiro atoms. The van der Waals surface area contributed by atoms with E-state index in [9.17, 15) is 13.2 Å². The molecule has 2 aromatic carbocycles. The van der Waals surface area contributed by atoms with E-state index in [1.807, 2.05) is 0 Å². The van der Waals surface area contributed by atoms with Crippen LogP contribution in [0, 0.1) is 0 Å². The van der Waals surface area contributed by atoms with Crippen LogP contribution in [0.1, 0.15) is 15.9 Å². The van der Waals surface area contributed by atoms with Crippen LogP contribution in [0.2, 0.25) is 5.02 Å². The van der Waals surface area contributed by atoms with E-state index >= 15 is 0 Å². The minimum absolute atomic E-state index is 0.0654. The monoisotopic (exact) mass is 492 g/mol. The van der Waals surface area contributed by atoms with Gasteiger partial charge in [-0.25, -0.2) is 18.1 Å². The average molecular weight is 493 g/mol. The number of hydrogen-bond acceptors (Lipinski definition) is 6. The van der Waals surface area contributed by atoms with Gasteiger partial charge in [-0.1, -0.05) is 29.8 Å². The number of hydrogen-bond donors (Lipinski definition) is 2. The molecule has 5 aromatic rings. The van der Waals surface area contributed by atoms with Gasteiger partial charge in [-0.15, -0.1) is 0 Å². The number of nitrogens with zero attached hydrogens (tertiary/aromatic N) is 4. The van der Waals surface area contributed by atoms with Crippen LogP contribution >= 0.6 is 11.6 Å². The molecule has 0 radical (unpaired) electrons. The minimum atomic E-state index is -3.76. The average Bonchev–Trinajstić information content (AvgIpc) is 3.52. The Hall–Kier alpha value is -4.02. The molecule has 9 nitrogen and oxygen atoms in total. The van der Waals surface area contributed by atoms with Crippen molar-refractivity contribution in [1.29, 1.82) is 0 Å². The molecule has 5 rings (SSSR count). The number of pyridine rings is 1. The van der Waals surface area contributed by atoms with Crippen molar-refractivity contribution in [2.45, 2.75) is 16.3 Å². The molecule has 0 fully saturated rings. The summed E-state index contributed by atoms with van der Waals surface area (Å²) in [6, 6.07) is 15.0. The second-order valence-corrected chi connectivity index (χ2v) is 9.85. The lowest BCUT2D eigenvalue weighted by Gasteiger charge is -2.07. The van der Waals surface area contributed by atoms with Gasteiger partial charge >= 0.3 is 0 Å². The first-order chi connectivity index (χ1) is 16.4. The molecule has 3 aromatic heterocycles. The van der Waals surface area contributed by atoms with E-state index in [0.717, 1.165) is 10.9 Å². The SMILES string of the molecule is O=C(NCc1ccc(S(=O)(=O)c2cnn(-c3cccc(Cl)c3)c2)cc1)c1cnc2[nH]ncc2c1. The van der Waals surface area contributed by atoms with Crippen LogP contribution in [0.25, 0.3) is 16.7 Å². The summed E-state index contributed by atoms with van der Waals surface area (Å²) in [6.07, 6.45) is 5.81. The third-order valence-corrected chi connectivity index (χ3v) is 7.14. The van der Waals surface area contributed by atoms with Gasteiger partial charge < -0.3 is 5.32 Å². The highest BCUT2D eigenvalue weighted by atomic mass is 35.5. The summed E-state index contributed by atoms with van der Waals surface area (Å²) in [5.41, 5.74) is 2.41. The number of carbonyl (C=O) groups excluding carboxylic acids is 1. The van der Waals surface area contributed by atoms with Crippen molar-refractivity contribution in [3.05, 3.63) is 95.5 Å². The number of benzene rings is 2. The second-order valence-electron chi connectivity index (χ2n) is 7.46. The van der Waals surface area contributed by atoms with Gasteiger partial charge in [-0.05, 0) is 42.0 Å². The van der Waals surface area contributed by atoms with Gasteiger partial charge in [0.1, 0.15) is 4.90 Å². The van der Waals surface area contributed by atoms with E-state index in [1.165, 1.54) is 35.4 Å². The molecule has 0 saturated carbocycles. The summed E-state index contributed by atoms with van der Waals surface area (Å²) in [7, 11) is -3.76. The molecule has 3 heterocycles. The molecule has 0 atom stereocenters. The molecular weight excluding hydrogens is 476 g/mol. The van der Waals surface area contributed by atoms with E-state index in [0.29, 0.717) is 21.9 Å². The predicted octanol–water partition coefficient (Wildman–Crippen LogP) is 3.56. The maximum Gasteiger partial charge on any atom is 0.253 e. The van der Waals surface area contributed by atoms with Crippen molar-refractivity contribution in [3.8, 4) is 5.69 Å². The van der Waals surface area contributed by atoms with Gasteiger partial charge in [0.05, 0.1) is 28.5 Å². The lowest BCUT2D eigenvalue weighted by atomic mass is 10.2. The number of halogens is 1. The third-order valence-electron chi connectivity index (χ3n) is 5.18. The first-order valence-corrected chi connectivity index (χ1v) is 12.0. The zero-order valence-electron chi connectivity index (χ0n) is 17.5. The minimum Gasteiger partial charge on any atom is -0.348 e. The van der Waals surface area contributed by atoms with Gasteiger partial charge in [-0.3, -0.25) is 9.89 Å². The first kappa shape index (κ1) is 21.8. The van der Waals surface area contributed by atoms with Crippen LogP contribution in [0.4, 0.5) is 0 Å². The van der Waals surface area contributed by atoms with Gasteiger partial charge in [0.2, 0.25) is 9.84 Å². The molecule has 1 amide bonds. The molecule has 0 unspecified atom stereocenters. The number of aromatic nitrogens is 5. The van der Waals surface area contributed by atoms with Crippen molar-refractivity contribution in [2.75, 3.05) is 0 Å². The van der Waals surface area contributed by atoms with Crippen LogP contribution < -0.4 is 5.32 Å². The normalized spacial score (nSPS) is 11.6. The molecule has 0 saturated heterocycles. The fraction of sp³-hybridized carbons (Fsp3) is 0.0435. The highest BCUT2D eigenvalue weighted by Crippen LogP contribution is 2.23. The number of fused-ring (bicyclic) bond motifs is 1. The van der Waals surface area contributed by atoms with Crippen molar-refractivity contribution < 1.29 is 13.2 Å². The molecule has 34 heavy (non-hydrogen) atoms. The summed E-state index contributed by atoms with van der Waals surface area (Å²) in [5, 5.41) is 14.8. The summed E-state index contributed by atoms with van der Waals surface area (Å²) in [5.74, 6) is -0.291. The fourth-order valence-electron chi connectivity index (χ4n) is 3.37. The van der Waals surface area contributed by atoms with Crippen LogP contribution in [-0.4, -0.2) is 39.3 Å². The molecule has 0 aliphatic heterocycles. The maximum absolute atomic E-state index is 13.0. The largest absolute Gasteiger partial charge is 0.348 e. The lowest BCUT2D eigenvalue weighted by molar-refractivity contribution is 0.0950. The Morgan fingerprint density at radius 1 is 1.03 bits per heavy atom. The zero-order chi connectivity index (χ0) is 23.7. The Kier molecular flexibility index (Phi) is 5.60. The molecule has 170 valence electrons. The van der Waals surface area contributed by atoms with Crippen LogP contribution in [-0.2, 0) is 16.4 Å². The maximum atomic E-state index is 13.0. The second kappa shape index (κ2) is 8.73. The Morgan fingerprint density at radius 2 is 1.85 bits per heavy atom. The molecule has 0 bridgehead atoms. The van der Waals surface area contributed by atoms with Gasteiger partial charge in [-0.2, -0.15) is 10.2 Å². The van der Waals surface area contributed by atoms with Crippen LogP contribution in [0.3, 0.4) is 0 Å². The highest BCUT2D eigenvalue weighted by Gasteiger charge is 2.20. The number of rotatable bonds is 6. The quantitative estimate of drug-likeness (QED) is 0.373. The first-order valence-electron chi connectivity index (χ1n) is 10.1. The molecular formula is C23H17ClN6O3S.